The Bertz CT molecular complexity index is 591. The van der Waals surface area contributed by atoms with E-state index in [1.165, 1.54) is 44.1 Å². The van der Waals surface area contributed by atoms with Crippen molar-refractivity contribution in [1.82, 2.24) is 4.98 Å². The Morgan fingerprint density at radius 2 is 1.64 bits per heavy atom. The molecule has 0 unspecified atom stereocenters. The van der Waals surface area contributed by atoms with Gasteiger partial charge in [-0.25, -0.2) is 0 Å². The monoisotopic (exact) mass is 292 g/mol. The zero-order chi connectivity index (χ0) is 15.6. The van der Waals surface area contributed by atoms with Crippen LogP contribution in [-0.4, -0.2) is 4.98 Å². The van der Waals surface area contributed by atoms with E-state index in [4.69, 9.17) is 5.26 Å². The van der Waals surface area contributed by atoms with Crippen LogP contribution in [0.25, 0.3) is 11.3 Å². The first-order valence-electron chi connectivity index (χ1n) is 8.29. The highest BCUT2D eigenvalue weighted by atomic mass is 14.7. The molecule has 2 aromatic rings. The lowest BCUT2D eigenvalue weighted by atomic mass is 10.0. The number of pyridine rings is 1. The summed E-state index contributed by atoms with van der Waals surface area (Å²) in [7, 11) is 0. The largest absolute Gasteiger partial charge is 0.255 e. The normalized spacial score (nSPS) is 10.4. The Morgan fingerprint density at radius 3 is 2.27 bits per heavy atom. The summed E-state index contributed by atoms with van der Waals surface area (Å²) < 4.78 is 0. The van der Waals surface area contributed by atoms with E-state index in [2.05, 4.69) is 42.2 Å². The number of aromatic nitrogens is 1. The number of hydrogen-bond acceptors (Lipinski definition) is 2. The molecule has 0 atom stereocenters. The molecule has 114 valence electrons. The minimum atomic E-state index is 0.600. The predicted octanol–water partition coefficient (Wildman–Crippen LogP) is 5.52. The van der Waals surface area contributed by atoms with Crippen molar-refractivity contribution in [2.24, 2.45) is 0 Å². The van der Waals surface area contributed by atoms with Crippen molar-refractivity contribution in [3.8, 4) is 17.3 Å². The summed E-state index contributed by atoms with van der Waals surface area (Å²) in [4.78, 5) is 4.33. The molecule has 1 heterocycles. The fourth-order valence-electron chi connectivity index (χ4n) is 2.58. The lowest BCUT2D eigenvalue weighted by Crippen LogP contribution is -1.88. The first kappa shape index (κ1) is 16.2. The third-order valence-electron chi connectivity index (χ3n) is 3.96. The summed E-state index contributed by atoms with van der Waals surface area (Å²) in [6.07, 6.45) is 10.8. The van der Waals surface area contributed by atoms with Crippen LogP contribution in [0.4, 0.5) is 0 Å². The second-order valence-electron chi connectivity index (χ2n) is 5.76. The highest BCUT2D eigenvalue weighted by Gasteiger charge is 2.00. The van der Waals surface area contributed by atoms with Crippen LogP contribution in [0.2, 0.25) is 0 Å². The first-order chi connectivity index (χ1) is 10.8. The molecule has 0 amide bonds. The molecule has 22 heavy (non-hydrogen) atoms. The molecule has 1 aromatic heterocycles. The van der Waals surface area contributed by atoms with Crippen LogP contribution in [0.15, 0.2) is 42.6 Å². The molecule has 0 saturated heterocycles. The van der Waals surface area contributed by atoms with Crippen LogP contribution < -0.4 is 0 Å². The van der Waals surface area contributed by atoms with E-state index in [1.54, 1.807) is 6.20 Å². The van der Waals surface area contributed by atoms with Gasteiger partial charge in [0.25, 0.3) is 0 Å². The van der Waals surface area contributed by atoms with Gasteiger partial charge in [0.05, 0.1) is 11.3 Å². The van der Waals surface area contributed by atoms with Crippen molar-refractivity contribution in [2.75, 3.05) is 0 Å². The lowest BCUT2D eigenvalue weighted by molar-refractivity contribution is 0.607. The van der Waals surface area contributed by atoms with Gasteiger partial charge in [0.2, 0.25) is 0 Å². The van der Waals surface area contributed by atoms with E-state index < -0.39 is 0 Å². The number of hydrogen-bond donors (Lipinski definition) is 0. The van der Waals surface area contributed by atoms with Crippen LogP contribution in [0.5, 0.6) is 0 Å². The van der Waals surface area contributed by atoms with Gasteiger partial charge in [0.1, 0.15) is 6.07 Å². The van der Waals surface area contributed by atoms with E-state index in [9.17, 15) is 0 Å². The van der Waals surface area contributed by atoms with Crippen LogP contribution >= 0.6 is 0 Å². The minimum absolute atomic E-state index is 0.600. The van der Waals surface area contributed by atoms with Crippen LogP contribution in [-0.2, 0) is 6.42 Å². The quantitative estimate of drug-likeness (QED) is 0.600. The average Bonchev–Trinajstić information content (AvgIpc) is 2.59. The van der Waals surface area contributed by atoms with Gasteiger partial charge in [-0.3, -0.25) is 4.98 Å². The predicted molar refractivity (Wildman–Crippen MR) is 91.5 cm³/mol. The Morgan fingerprint density at radius 1 is 0.909 bits per heavy atom. The van der Waals surface area contributed by atoms with Crippen molar-refractivity contribution in [1.29, 1.82) is 5.26 Å². The maximum absolute atomic E-state index is 8.80. The van der Waals surface area contributed by atoms with Gasteiger partial charge in [-0.15, -0.1) is 0 Å². The minimum Gasteiger partial charge on any atom is -0.255 e. The van der Waals surface area contributed by atoms with E-state index in [-0.39, 0.29) is 0 Å². The van der Waals surface area contributed by atoms with E-state index in [0.717, 1.165) is 17.7 Å². The maximum atomic E-state index is 8.80. The molecule has 0 radical (unpaired) electrons. The number of unbranched alkanes of at least 4 members (excludes halogenated alkanes) is 5. The summed E-state index contributed by atoms with van der Waals surface area (Å²) in [5.74, 6) is 0. The zero-order valence-corrected chi connectivity index (χ0v) is 13.4. The van der Waals surface area contributed by atoms with Crippen LogP contribution in [0, 0.1) is 11.3 Å². The Balaban J connectivity index is 1.83. The van der Waals surface area contributed by atoms with Gasteiger partial charge in [-0.2, -0.15) is 5.26 Å². The second kappa shape index (κ2) is 9.00. The van der Waals surface area contributed by atoms with Crippen LogP contribution in [0.1, 0.15) is 56.6 Å². The Labute approximate surface area is 133 Å². The fourth-order valence-corrected chi connectivity index (χ4v) is 2.58. The van der Waals surface area contributed by atoms with Crippen molar-refractivity contribution >= 4 is 0 Å². The molecule has 2 rings (SSSR count). The molecule has 0 aliphatic rings. The third kappa shape index (κ3) is 5.00. The van der Waals surface area contributed by atoms with Gasteiger partial charge in [0, 0.05) is 11.8 Å². The van der Waals surface area contributed by atoms with Gasteiger partial charge in [-0.05, 0) is 30.5 Å². The smallest absolute Gasteiger partial charge is 0.101 e. The van der Waals surface area contributed by atoms with Crippen molar-refractivity contribution in [2.45, 2.75) is 51.9 Å². The number of benzene rings is 1. The molecule has 0 aliphatic carbocycles. The van der Waals surface area contributed by atoms with Crippen LogP contribution in [0.3, 0.4) is 0 Å². The first-order valence-corrected chi connectivity index (χ1v) is 8.29. The number of aryl methyl sites for hydroxylation is 1. The Hall–Kier alpha value is -2.14. The molecule has 0 N–H and O–H groups in total. The molecule has 0 fully saturated rings. The summed E-state index contributed by atoms with van der Waals surface area (Å²) in [5.41, 5.74) is 4.03. The SMILES string of the molecule is CCCCCCCCc1ccc(-c2ccc(C#N)cn2)cc1. The van der Waals surface area contributed by atoms with Crippen molar-refractivity contribution in [3.05, 3.63) is 53.7 Å². The molecule has 1 aromatic carbocycles. The van der Waals surface area contributed by atoms with E-state index in [1.807, 2.05) is 12.1 Å². The molecule has 0 spiro atoms. The average molecular weight is 292 g/mol. The molecule has 0 aliphatic heterocycles. The molecule has 2 nitrogen and oxygen atoms in total. The van der Waals surface area contributed by atoms with Crippen molar-refractivity contribution < 1.29 is 0 Å². The Kier molecular flexibility index (Phi) is 6.64. The van der Waals surface area contributed by atoms with Gasteiger partial charge in [-0.1, -0.05) is 63.3 Å². The van der Waals surface area contributed by atoms with Gasteiger partial charge >= 0.3 is 0 Å². The standard InChI is InChI=1S/C20H24N2/c1-2-3-4-5-6-7-8-17-9-12-19(13-10-17)20-14-11-18(15-21)16-22-20/h9-14,16H,2-8H2,1H3. The fraction of sp³-hybridized carbons (Fsp3) is 0.400. The second-order valence-corrected chi connectivity index (χ2v) is 5.76. The molecule has 0 bridgehead atoms. The highest BCUT2D eigenvalue weighted by Crippen LogP contribution is 2.19. The molecular formula is C20H24N2. The summed E-state index contributed by atoms with van der Waals surface area (Å²) in [6, 6.07) is 14.5. The topological polar surface area (TPSA) is 36.7 Å². The molecular weight excluding hydrogens is 268 g/mol. The zero-order valence-electron chi connectivity index (χ0n) is 13.4. The lowest BCUT2D eigenvalue weighted by Gasteiger charge is -2.04. The summed E-state index contributed by atoms with van der Waals surface area (Å²) >= 11 is 0. The van der Waals surface area contributed by atoms with Gasteiger partial charge in [0.15, 0.2) is 0 Å². The van der Waals surface area contributed by atoms with Gasteiger partial charge < -0.3 is 0 Å². The summed E-state index contributed by atoms with van der Waals surface area (Å²) in [5, 5.41) is 8.80. The van der Waals surface area contributed by atoms with E-state index in [0.29, 0.717) is 5.56 Å². The number of nitriles is 1. The molecule has 2 heteroatoms. The number of nitrogens with zero attached hydrogens (tertiary/aromatic N) is 2. The highest BCUT2D eigenvalue weighted by molar-refractivity contribution is 5.59. The van der Waals surface area contributed by atoms with Crippen molar-refractivity contribution in [3.63, 3.8) is 0 Å². The maximum Gasteiger partial charge on any atom is 0.101 e. The van der Waals surface area contributed by atoms with E-state index >= 15 is 0 Å². The number of rotatable bonds is 8. The molecule has 0 saturated carbocycles. The summed E-state index contributed by atoms with van der Waals surface area (Å²) in [6.45, 7) is 2.25. The third-order valence-corrected chi connectivity index (χ3v) is 3.96.